The molecule has 1 aromatic rings. The van der Waals surface area contributed by atoms with Gasteiger partial charge in [0.15, 0.2) is 0 Å². The first kappa shape index (κ1) is 12.1. The van der Waals surface area contributed by atoms with Crippen molar-refractivity contribution in [1.29, 1.82) is 0 Å². The Labute approximate surface area is 93.1 Å². The van der Waals surface area contributed by atoms with Crippen molar-refractivity contribution in [3.05, 3.63) is 28.8 Å². The zero-order valence-corrected chi connectivity index (χ0v) is 10.3. The molecule has 1 aromatic carbocycles. The quantitative estimate of drug-likeness (QED) is 0.789. The van der Waals surface area contributed by atoms with Crippen molar-refractivity contribution >= 4 is 0 Å². The summed E-state index contributed by atoms with van der Waals surface area (Å²) in [5.41, 5.74) is 3.29. The third kappa shape index (κ3) is 3.26. The average molecular weight is 206 g/mol. The summed E-state index contributed by atoms with van der Waals surface area (Å²) in [5, 5.41) is 9.94. The summed E-state index contributed by atoms with van der Waals surface area (Å²) in [6.07, 6.45) is 3.38. The number of phenolic OH excluding ortho intramolecular Hbond substituents is 1. The van der Waals surface area contributed by atoms with Crippen LogP contribution in [0.3, 0.4) is 0 Å². The number of rotatable bonds is 4. The van der Waals surface area contributed by atoms with Crippen LogP contribution in [-0.4, -0.2) is 5.11 Å². The molecule has 0 unspecified atom stereocenters. The van der Waals surface area contributed by atoms with E-state index in [1.54, 1.807) is 0 Å². The van der Waals surface area contributed by atoms with Crippen molar-refractivity contribution in [3.63, 3.8) is 0 Å². The summed E-state index contributed by atoms with van der Waals surface area (Å²) in [6, 6.07) is 4.15. The average Bonchev–Trinajstić information content (AvgIpc) is 2.18. The third-order valence-electron chi connectivity index (χ3n) is 3.01. The zero-order chi connectivity index (χ0) is 11.4. The molecule has 1 nitrogen and oxygen atoms in total. The van der Waals surface area contributed by atoms with Gasteiger partial charge in [-0.1, -0.05) is 32.4 Å². The first-order valence-corrected chi connectivity index (χ1v) is 5.80. The fourth-order valence-electron chi connectivity index (χ4n) is 1.76. The lowest BCUT2D eigenvalue weighted by Gasteiger charge is -2.10. The van der Waals surface area contributed by atoms with Gasteiger partial charge in [0.05, 0.1) is 0 Å². The fourth-order valence-corrected chi connectivity index (χ4v) is 1.76. The van der Waals surface area contributed by atoms with Gasteiger partial charge in [0.1, 0.15) is 5.75 Å². The Morgan fingerprint density at radius 3 is 2.47 bits per heavy atom. The summed E-state index contributed by atoms with van der Waals surface area (Å²) in [4.78, 5) is 0. The summed E-state index contributed by atoms with van der Waals surface area (Å²) in [6.45, 7) is 8.49. The molecule has 0 saturated carbocycles. The van der Waals surface area contributed by atoms with Gasteiger partial charge in [0, 0.05) is 0 Å². The van der Waals surface area contributed by atoms with Gasteiger partial charge in [-0.05, 0) is 49.3 Å². The second-order valence-corrected chi connectivity index (χ2v) is 4.80. The second-order valence-electron chi connectivity index (χ2n) is 4.80. The van der Waals surface area contributed by atoms with E-state index in [4.69, 9.17) is 0 Å². The van der Waals surface area contributed by atoms with Crippen LogP contribution in [0.2, 0.25) is 0 Å². The predicted octanol–water partition coefficient (Wildman–Crippen LogP) is 3.99. The van der Waals surface area contributed by atoms with Gasteiger partial charge in [-0.3, -0.25) is 0 Å². The van der Waals surface area contributed by atoms with E-state index in [1.807, 2.05) is 13.8 Å². The van der Waals surface area contributed by atoms with E-state index in [1.165, 1.54) is 12.0 Å². The number of aromatic hydroxyl groups is 1. The molecular weight excluding hydrogens is 184 g/mol. The second kappa shape index (κ2) is 5.20. The number of hydrogen-bond acceptors (Lipinski definition) is 1. The summed E-state index contributed by atoms with van der Waals surface area (Å²) in [7, 11) is 0. The predicted molar refractivity (Wildman–Crippen MR) is 65.4 cm³/mol. The van der Waals surface area contributed by atoms with Gasteiger partial charge < -0.3 is 5.11 Å². The Hall–Kier alpha value is -0.980. The van der Waals surface area contributed by atoms with Crippen molar-refractivity contribution in [2.75, 3.05) is 0 Å². The molecule has 84 valence electrons. The van der Waals surface area contributed by atoms with Crippen molar-refractivity contribution in [3.8, 4) is 5.75 Å². The van der Waals surface area contributed by atoms with E-state index in [0.717, 1.165) is 29.9 Å². The van der Waals surface area contributed by atoms with Gasteiger partial charge in [-0.2, -0.15) is 0 Å². The maximum Gasteiger partial charge on any atom is 0.121 e. The van der Waals surface area contributed by atoms with E-state index >= 15 is 0 Å². The summed E-state index contributed by atoms with van der Waals surface area (Å²) >= 11 is 0. The SMILES string of the molecule is Cc1ccc(CCCC(C)C)c(O)c1C. The standard InChI is InChI=1S/C14H22O/c1-10(2)6-5-7-13-9-8-11(3)12(4)14(13)15/h8-10,15H,5-7H2,1-4H3. The minimum absolute atomic E-state index is 0.499. The monoisotopic (exact) mass is 206 g/mol. The van der Waals surface area contributed by atoms with E-state index in [2.05, 4.69) is 26.0 Å². The lowest BCUT2D eigenvalue weighted by Crippen LogP contribution is -1.93. The van der Waals surface area contributed by atoms with Gasteiger partial charge in [0.25, 0.3) is 0 Å². The third-order valence-corrected chi connectivity index (χ3v) is 3.01. The maximum absolute atomic E-state index is 9.94. The van der Waals surface area contributed by atoms with E-state index < -0.39 is 0 Å². The van der Waals surface area contributed by atoms with Crippen molar-refractivity contribution < 1.29 is 5.11 Å². The molecule has 0 radical (unpaired) electrons. The first-order valence-electron chi connectivity index (χ1n) is 5.80. The molecule has 1 rings (SSSR count). The molecule has 0 spiro atoms. The Kier molecular flexibility index (Phi) is 4.19. The zero-order valence-electron chi connectivity index (χ0n) is 10.3. The lowest BCUT2D eigenvalue weighted by molar-refractivity contribution is 0.459. The van der Waals surface area contributed by atoms with E-state index in [-0.39, 0.29) is 0 Å². The van der Waals surface area contributed by atoms with Crippen LogP contribution >= 0.6 is 0 Å². The molecule has 0 amide bonds. The highest BCUT2D eigenvalue weighted by Gasteiger charge is 2.06. The molecule has 0 fully saturated rings. The first-order chi connectivity index (χ1) is 7.02. The largest absolute Gasteiger partial charge is 0.507 e. The Morgan fingerprint density at radius 2 is 1.87 bits per heavy atom. The van der Waals surface area contributed by atoms with Crippen LogP contribution in [0, 0.1) is 19.8 Å². The highest BCUT2D eigenvalue weighted by atomic mass is 16.3. The molecule has 0 atom stereocenters. The minimum Gasteiger partial charge on any atom is -0.507 e. The highest BCUT2D eigenvalue weighted by molar-refractivity contribution is 5.44. The molecular formula is C14H22O. The molecule has 0 saturated heterocycles. The Balaban J connectivity index is 2.66. The Bertz CT molecular complexity index is 326. The van der Waals surface area contributed by atoms with Crippen LogP contribution in [0.15, 0.2) is 12.1 Å². The fraction of sp³-hybridized carbons (Fsp3) is 0.571. The van der Waals surface area contributed by atoms with E-state index in [0.29, 0.717) is 5.75 Å². The van der Waals surface area contributed by atoms with Crippen molar-refractivity contribution in [2.45, 2.75) is 47.0 Å². The molecule has 0 aliphatic carbocycles. The molecule has 1 heteroatoms. The van der Waals surface area contributed by atoms with Gasteiger partial charge >= 0.3 is 0 Å². The molecule has 1 N–H and O–H groups in total. The number of hydrogen-bond donors (Lipinski definition) is 1. The van der Waals surface area contributed by atoms with Crippen LogP contribution in [0.4, 0.5) is 0 Å². The molecule has 0 aliphatic heterocycles. The molecule has 15 heavy (non-hydrogen) atoms. The van der Waals surface area contributed by atoms with Gasteiger partial charge in [-0.15, -0.1) is 0 Å². The lowest BCUT2D eigenvalue weighted by atomic mass is 9.98. The molecule has 0 bridgehead atoms. The minimum atomic E-state index is 0.499. The normalized spacial score (nSPS) is 11.0. The van der Waals surface area contributed by atoms with Crippen LogP contribution < -0.4 is 0 Å². The number of aryl methyl sites for hydroxylation is 2. The summed E-state index contributed by atoms with van der Waals surface area (Å²) in [5.74, 6) is 1.25. The van der Waals surface area contributed by atoms with Gasteiger partial charge in [0.2, 0.25) is 0 Å². The van der Waals surface area contributed by atoms with Crippen LogP contribution in [-0.2, 0) is 6.42 Å². The van der Waals surface area contributed by atoms with Crippen LogP contribution in [0.25, 0.3) is 0 Å². The van der Waals surface area contributed by atoms with Crippen LogP contribution in [0.1, 0.15) is 43.4 Å². The molecule has 0 heterocycles. The van der Waals surface area contributed by atoms with E-state index in [9.17, 15) is 5.11 Å². The Morgan fingerprint density at radius 1 is 1.20 bits per heavy atom. The molecule has 0 aromatic heterocycles. The maximum atomic E-state index is 9.94. The van der Waals surface area contributed by atoms with Gasteiger partial charge in [-0.25, -0.2) is 0 Å². The van der Waals surface area contributed by atoms with Crippen LogP contribution in [0.5, 0.6) is 5.75 Å². The highest BCUT2D eigenvalue weighted by Crippen LogP contribution is 2.26. The van der Waals surface area contributed by atoms with Crippen molar-refractivity contribution in [1.82, 2.24) is 0 Å². The topological polar surface area (TPSA) is 20.2 Å². The molecule has 0 aliphatic rings. The number of phenols is 1. The number of benzene rings is 1. The van der Waals surface area contributed by atoms with Crippen molar-refractivity contribution in [2.24, 2.45) is 5.92 Å². The summed E-state index contributed by atoms with van der Waals surface area (Å²) < 4.78 is 0. The smallest absolute Gasteiger partial charge is 0.121 e.